The Labute approximate surface area is 84.6 Å². The first-order valence-electron chi connectivity index (χ1n) is 3.83. The van der Waals surface area contributed by atoms with E-state index in [0.717, 1.165) is 0 Å². The SMILES string of the molecule is N#Cc1cccc(Sc2ncco2)n1. The number of nitrogens with zero attached hydrogens (tertiary/aromatic N) is 3. The molecule has 0 atom stereocenters. The quantitative estimate of drug-likeness (QED) is 0.747. The lowest BCUT2D eigenvalue weighted by atomic mass is 10.4. The fraction of sp³-hybridized carbons (Fsp3) is 0. The van der Waals surface area contributed by atoms with E-state index in [-0.39, 0.29) is 0 Å². The molecule has 4 nitrogen and oxygen atoms in total. The minimum Gasteiger partial charge on any atom is -0.440 e. The van der Waals surface area contributed by atoms with Gasteiger partial charge >= 0.3 is 0 Å². The van der Waals surface area contributed by atoms with Gasteiger partial charge < -0.3 is 4.42 Å². The maximum atomic E-state index is 8.63. The standard InChI is InChI=1S/C9H5N3OS/c10-6-7-2-1-3-8(12-7)14-9-11-4-5-13-9/h1-5H. The molecule has 0 fully saturated rings. The Hall–Kier alpha value is -1.80. The molecule has 2 rings (SSSR count). The van der Waals surface area contributed by atoms with Crippen LogP contribution in [0.1, 0.15) is 5.69 Å². The number of aromatic nitrogens is 2. The van der Waals surface area contributed by atoms with E-state index in [2.05, 4.69) is 9.97 Å². The van der Waals surface area contributed by atoms with E-state index >= 15 is 0 Å². The van der Waals surface area contributed by atoms with Crippen LogP contribution in [-0.4, -0.2) is 9.97 Å². The van der Waals surface area contributed by atoms with Crippen LogP contribution >= 0.6 is 11.8 Å². The monoisotopic (exact) mass is 203 g/mol. The van der Waals surface area contributed by atoms with Gasteiger partial charge in [0, 0.05) is 0 Å². The van der Waals surface area contributed by atoms with Gasteiger partial charge in [0.25, 0.3) is 5.22 Å². The predicted molar refractivity (Wildman–Crippen MR) is 49.6 cm³/mol. The number of oxazole rings is 1. The van der Waals surface area contributed by atoms with Gasteiger partial charge in [-0.25, -0.2) is 9.97 Å². The molecule has 0 unspecified atom stereocenters. The maximum absolute atomic E-state index is 8.63. The van der Waals surface area contributed by atoms with E-state index in [4.69, 9.17) is 9.68 Å². The van der Waals surface area contributed by atoms with E-state index in [9.17, 15) is 0 Å². The molecule has 5 heteroatoms. The van der Waals surface area contributed by atoms with Gasteiger partial charge in [0.15, 0.2) is 0 Å². The smallest absolute Gasteiger partial charge is 0.261 e. The molecule has 2 aromatic rings. The summed E-state index contributed by atoms with van der Waals surface area (Å²) in [6.45, 7) is 0. The number of pyridine rings is 1. The van der Waals surface area contributed by atoms with E-state index < -0.39 is 0 Å². The Morgan fingerprint density at radius 1 is 1.43 bits per heavy atom. The third-order valence-corrected chi connectivity index (χ3v) is 2.25. The topological polar surface area (TPSA) is 62.7 Å². The first-order valence-corrected chi connectivity index (χ1v) is 4.64. The summed E-state index contributed by atoms with van der Waals surface area (Å²) in [7, 11) is 0. The lowest BCUT2D eigenvalue weighted by Crippen LogP contribution is -1.84. The summed E-state index contributed by atoms with van der Waals surface area (Å²) < 4.78 is 5.04. The first-order chi connectivity index (χ1) is 6.88. The minimum absolute atomic E-state index is 0.390. The molecule has 0 saturated carbocycles. The van der Waals surface area contributed by atoms with Crippen LogP contribution in [-0.2, 0) is 0 Å². The van der Waals surface area contributed by atoms with Crippen LogP contribution in [0, 0.1) is 11.3 Å². The third-order valence-electron chi connectivity index (χ3n) is 1.44. The number of hydrogen-bond acceptors (Lipinski definition) is 5. The molecule has 0 saturated heterocycles. The van der Waals surface area contributed by atoms with Crippen LogP contribution in [0.4, 0.5) is 0 Å². The Kier molecular flexibility index (Phi) is 2.47. The van der Waals surface area contributed by atoms with Crippen LogP contribution in [0.25, 0.3) is 0 Å². The Morgan fingerprint density at radius 3 is 3.07 bits per heavy atom. The lowest BCUT2D eigenvalue weighted by Gasteiger charge is -1.95. The molecule has 0 aliphatic rings. The van der Waals surface area contributed by atoms with Crippen molar-refractivity contribution >= 4 is 11.8 Å². The van der Waals surface area contributed by atoms with E-state index in [1.54, 1.807) is 24.4 Å². The Balaban J connectivity index is 2.22. The minimum atomic E-state index is 0.390. The van der Waals surface area contributed by atoms with Crippen molar-refractivity contribution in [3.05, 3.63) is 36.4 Å². The summed E-state index contributed by atoms with van der Waals surface area (Å²) >= 11 is 1.28. The molecular formula is C9H5N3OS. The molecule has 2 heterocycles. The summed E-state index contributed by atoms with van der Waals surface area (Å²) in [6, 6.07) is 7.20. The first kappa shape index (κ1) is 8.78. The third kappa shape index (κ3) is 1.92. The highest BCUT2D eigenvalue weighted by atomic mass is 32.2. The fourth-order valence-electron chi connectivity index (χ4n) is 0.884. The molecule has 0 N–H and O–H groups in total. The van der Waals surface area contributed by atoms with E-state index in [1.165, 1.54) is 18.0 Å². The van der Waals surface area contributed by atoms with Gasteiger partial charge in [-0.3, -0.25) is 0 Å². The van der Waals surface area contributed by atoms with Crippen molar-refractivity contribution < 1.29 is 4.42 Å². The highest BCUT2D eigenvalue weighted by Crippen LogP contribution is 2.23. The fourth-order valence-corrected chi connectivity index (χ4v) is 1.57. The molecule has 0 amide bonds. The maximum Gasteiger partial charge on any atom is 0.261 e. The van der Waals surface area contributed by atoms with Crippen molar-refractivity contribution in [3.63, 3.8) is 0 Å². The van der Waals surface area contributed by atoms with Gasteiger partial charge in [-0.15, -0.1) is 0 Å². The van der Waals surface area contributed by atoms with Gasteiger partial charge in [-0.2, -0.15) is 5.26 Å². The number of hydrogen-bond donors (Lipinski definition) is 0. The average molecular weight is 203 g/mol. The number of rotatable bonds is 2. The normalized spacial score (nSPS) is 9.64. The molecule has 0 radical (unpaired) electrons. The van der Waals surface area contributed by atoms with Gasteiger partial charge in [0.2, 0.25) is 0 Å². The molecule has 0 aliphatic carbocycles. The Morgan fingerprint density at radius 2 is 2.36 bits per heavy atom. The van der Waals surface area contributed by atoms with Crippen LogP contribution < -0.4 is 0 Å². The predicted octanol–water partition coefficient (Wildman–Crippen LogP) is 2.09. The zero-order chi connectivity index (χ0) is 9.80. The summed E-state index contributed by atoms with van der Waals surface area (Å²) in [5.41, 5.74) is 0.390. The second-order valence-electron chi connectivity index (χ2n) is 2.37. The molecule has 14 heavy (non-hydrogen) atoms. The lowest BCUT2D eigenvalue weighted by molar-refractivity contribution is 0.454. The second kappa shape index (κ2) is 3.94. The molecule has 0 spiro atoms. The molecule has 0 aliphatic heterocycles. The van der Waals surface area contributed by atoms with Crippen LogP contribution in [0.5, 0.6) is 0 Å². The van der Waals surface area contributed by atoms with Crippen molar-refractivity contribution in [1.29, 1.82) is 5.26 Å². The molecule has 0 aromatic carbocycles. The molecule has 0 bridgehead atoms. The molecule has 2 aromatic heterocycles. The van der Waals surface area contributed by atoms with Crippen molar-refractivity contribution in [2.24, 2.45) is 0 Å². The second-order valence-corrected chi connectivity index (χ2v) is 3.34. The van der Waals surface area contributed by atoms with E-state index in [0.29, 0.717) is 15.9 Å². The largest absolute Gasteiger partial charge is 0.440 e. The highest BCUT2D eigenvalue weighted by Gasteiger charge is 2.03. The summed E-state index contributed by atoms with van der Waals surface area (Å²) in [4.78, 5) is 8.01. The van der Waals surface area contributed by atoms with Crippen LogP contribution in [0.3, 0.4) is 0 Å². The van der Waals surface area contributed by atoms with Crippen molar-refractivity contribution in [1.82, 2.24) is 9.97 Å². The van der Waals surface area contributed by atoms with Gasteiger partial charge in [0.1, 0.15) is 23.1 Å². The van der Waals surface area contributed by atoms with Gasteiger partial charge in [-0.1, -0.05) is 6.07 Å². The van der Waals surface area contributed by atoms with Gasteiger partial charge in [-0.05, 0) is 23.9 Å². The highest BCUT2D eigenvalue weighted by molar-refractivity contribution is 7.99. The molecular weight excluding hydrogens is 198 g/mol. The van der Waals surface area contributed by atoms with Crippen molar-refractivity contribution in [2.45, 2.75) is 10.2 Å². The van der Waals surface area contributed by atoms with Crippen LogP contribution in [0.2, 0.25) is 0 Å². The van der Waals surface area contributed by atoms with Crippen LogP contribution in [0.15, 0.2) is 45.3 Å². The zero-order valence-corrected chi connectivity index (χ0v) is 7.86. The van der Waals surface area contributed by atoms with E-state index in [1.807, 2.05) is 6.07 Å². The Bertz CT molecular complexity index is 461. The average Bonchev–Trinajstić information content (AvgIpc) is 2.71. The van der Waals surface area contributed by atoms with Crippen molar-refractivity contribution in [3.8, 4) is 6.07 Å². The van der Waals surface area contributed by atoms with Gasteiger partial charge in [0.05, 0.1) is 6.20 Å². The number of nitriles is 1. The summed E-state index contributed by atoms with van der Waals surface area (Å²) in [5.74, 6) is 0. The van der Waals surface area contributed by atoms with Crippen molar-refractivity contribution in [2.75, 3.05) is 0 Å². The summed E-state index contributed by atoms with van der Waals surface area (Å²) in [5, 5.41) is 9.85. The molecule has 68 valence electrons. The summed E-state index contributed by atoms with van der Waals surface area (Å²) in [6.07, 6.45) is 3.06. The zero-order valence-electron chi connectivity index (χ0n) is 7.04.